The molecule has 2 aromatic rings. The maximum absolute atomic E-state index is 12.2. The number of nitrogens with zero attached hydrogens (tertiary/aromatic N) is 2. The van der Waals surface area contributed by atoms with Crippen LogP contribution >= 0.6 is 0 Å². The van der Waals surface area contributed by atoms with Crippen LogP contribution in [0, 0.1) is 6.92 Å². The number of aryl methyl sites for hydroxylation is 2. The Labute approximate surface area is 118 Å². The standard InChI is InChI=1S/C13H18N4O2S/c1-3-17-9-13(16-10(17)2)20(18,19)15-8-11-6-4-5-7-12(11)14/h4-7,9,15H,3,8,14H2,1-2H3. The molecule has 2 rings (SSSR count). The van der Waals surface area contributed by atoms with Crippen LogP contribution in [0.15, 0.2) is 35.5 Å². The van der Waals surface area contributed by atoms with Crippen molar-refractivity contribution in [2.24, 2.45) is 0 Å². The molecule has 0 fully saturated rings. The van der Waals surface area contributed by atoms with Crippen LogP contribution < -0.4 is 10.5 Å². The second kappa shape index (κ2) is 5.64. The molecule has 1 heterocycles. The number of rotatable bonds is 5. The van der Waals surface area contributed by atoms with Gasteiger partial charge >= 0.3 is 0 Å². The molecular weight excluding hydrogens is 276 g/mol. The summed E-state index contributed by atoms with van der Waals surface area (Å²) < 4.78 is 28.6. The number of imidazole rings is 1. The van der Waals surface area contributed by atoms with Crippen molar-refractivity contribution in [2.75, 3.05) is 5.73 Å². The second-order valence-corrected chi connectivity index (χ2v) is 6.15. The largest absolute Gasteiger partial charge is 0.398 e. The summed E-state index contributed by atoms with van der Waals surface area (Å²) in [5.41, 5.74) is 7.08. The number of hydrogen-bond acceptors (Lipinski definition) is 4. The van der Waals surface area contributed by atoms with Crippen LogP contribution in [-0.4, -0.2) is 18.0 Å². The minimum Gasteiger partial charge on any atom is -0.398 e. The van der Waals surface area contributed by atoms with Crippen molar-refractivity contribution in [3.05, 3.63) is 41.9 Å². The van der Waals surface area contributed by atoms with Crippen molar-refractivity contribution >= 4 is 15.7 Å². The zero-order valence-electron chi connectivity index (χ0n) is 11.5. The van der Waals surface area contributed by atoms with Crippen LogP contribution in [0.25, 0.3) is 0 Å². The highest BCUT2D eigenvalue weighted by Crippen LogP contribution is 2.13. The molecule has 0 atom stereocenters. The molecule has 0 radical (unpaired) electrons. The highest BCUT2D eigenvalue weighted by molar-refractivity contribution is 7.89. The topological polar surface area (TPSA) is 90.0 Å². The lowest BCUT2D eigenvalue weighted by Gasteiger charge is -2.06. The second-order valence-electron chi connectivity index (χ2n) is 4.44. The fourth-order valence-electron chi connectivity index (χ4n) is 1.87. The molecule has 0 saturated carbocycles. The van der Waals surface area contributed by atoms with Gasteiger partial charge in [-0.2, -0.15) is 0 Å². The summed E-state index contributed by atoms with van der Waals surface area (Å²) in [6.45, 7) is 4.54. The number of para-hydroxylation sites is 1. The first-order valence-electron chi connectivity index (χ1n) is 6.31. The predicted molar refractivity (Wildman–Crippen MR) is 77.5 cm³/mol. The molecule has 20 heavy (non-hydrogen) atoms. The summed E-state index contributed by atoms with van der Waals surface area (Å²) in [5.74, 6) is 0.673. The van der Waals surface area contributed by atoms with Gasteiger partial charge in [0.1, 0.15) is 5.82 Å². The Morgan fingerprint density at radius 2 is 2.05 bits per heavy atom. The summed E-state index contributed by atoms with van der Waals surface area (Å²) in [7, 11) is -3.62. The maximum Gasteiger partial charge on any atom is 0.259 e. The van der Waals surface area contributed by atoms with Gasteiger partial charge in [0.15, 0.2) is 5.03 Å². The van der Waals surface area contributed by atoms with Gasteiger partial charge < -0.3 is 10.3 Å². The fourth-order valence-corrected chi connectivity index (χ4v) is 2.88. The maximum atomic E-state index is 12.2. The molecular formula is C13H18N4O2S. The summed E-state index contributed by atoms with van der Waals surface area (Å²) in [5, 5.41) is 0.0337. The van der Waals surface area contributed by atoms with E-state index in [1.54, 1.807) is 29.7 Å². The van der Waals surface area contributed by atoms with Gasteiger partial charge in [0.25, 0.3) is 10.0 Å². The minimum atomic E-state index is -3.62. The lowest BCUT2D eigenvalue weighted by atomic mass is 10.2. The zero-order chi connectivity index (χ0) is 14.8. The molecule has 1 aromatic heterocycles. The Morgan fingerprint density at radius 1 is 1.35 bits per heavy atom. The normalized spacial score (nSPS) is 11.7. The van der Waals surface area contributed by atoms with Crippen molar-refractivity contribution in [1.82, 2.24) is 14.3 Å². The van der Waals surface area contributed by atoms with Gasteiger partial charge in [-0.25, -0.2) is 18.1 Å². The van der Waals surface area contributed by atoms with E-state index >= 15 is 0 Å². The fraction of sp³-hybridized carbons (Fsp3) is 0.308. The van der Waals surface area contributed by atoms with Crippen LogP contribution in [0.1, 0.15) is 18.3 Å². The number of sulfonamides is 1. The predicted octanol–water partition coefficient (Wildman–Crippen LogP) is 1.27. The quantitative estimate of drug-likeness (QED) is 0.813. The lowest BCUT2D eigenvalue weighted by Crippen LogP contribution is -2.24. The van der Waals surface area contributed by atoms with Crippen molar-refractivity contribution in [1.29, 1.82) is 0 Å². The zero-order valence-corrected chi connectivity index (χ0v) is 12.3. The van der Waals surface area contributed by atoms with E-state index in [1.165, 1.54) is 6.20 Å². The van der Waals surface area contributed by atoms with E-state index in [4.69, 9.17) is 5.73 Å². The number of nitrogens with one attached hydrogen (secondary N) is 1. The molecule has 0 saturated heterocycles. The van der Waals surface area contributed by atoms with E-state index in [0.29, 0.717) is 18.1 Å². The van der Waals surface area contributed by atoms with Crippen molar-refractivity contribution in [3.8, 4) is 0 Å². The Balaban J connectivity index is 2.17. The molecule has 0 bridgehead atoms. The van der Waals surface area contributed by atoms with E-state index in [-0.39, 0.29) is 11.6 Å². The third kappa shape index (κ3) is 3.00. The van der Waals surface area contributed by atoms with E-state index in [0.717, 1.165) is 5.56 Å². The summed E-state index contributed by atoms with van der Waals surface area (Å²) >= 11 is 0. The van der Waals surface area contributed by atoms with Gasteiger partial charge in [0.2, 0.25) is 0 Å². The monoisotopic (exact) mass is 294 g/mol. The Bertz CT molecular complexity index is 707. The summed E-state index contributed by atoms with van der Waals surface area (Å²) in [4.78, 5) is 4.07. The molecule has 0 unspecified atom stereocenters. The highest BCUT2D eigenvalue weighted by Gasteiger charge is 2.18. The van der Waals surface area contributed by atoms with Crippen molar-refractivity contribution < 1.29 is 8.42 Å². The number of nitrogen functional groups attached to an aromatic ring is 1. The molecule has 1 aromatic carbocycles. The molecule has 0 aliphatic carbocycles. The van der Waals surface area contributed by atoms with E-state index in [1.807, 2.05) is 13.0 Å². The molecule has 6 nitrogen and oxygen atoms in total. The lowest BCUT2D eigenvalue weighted by molar-refractivity contribution is 0.578. The molecule has 108 valence electrons. The number of benzene rings is 1. The van der Waals surface area contributed by atoms with Gasteiger partial charge in [-0.1, -0.05) is 18.2 Å². The smallest absolute Gasteiger partial charge is 0.259 e. The minimum absolute atomic E-state index is 0.0337. The SMILES string of the molecule is CCn1cc(S(=O)(=O)NCc2ccccc2N)nc1C. The Kier molecular flexibility index (Phi) is 4.10. The third-order valence-electron chi connectivity index (χ3n) is 3.08. The number of hydrogen-bond donors (Lipinski definition) is 2. The van der Waals surface area contributed by atoms with Gasteiger partial charge in [-0.05, 0) is 25.5 Å². The van der Waals surface area contributed by atoms with Crippen molar-refractivity contribution in [3.63, 3.8) is 0 Å². The van der Waals surface area contributed by atoms with Crippen LogP contribution in [0.2, 0.25) is 0 Å². The average Bonchev–Trinajstić information content (AvgIpc) is 2.80. The third-order valence-corrected chi connectivity index (χ3v) is 4.35. The van der Waals surface area contributed by atoms with E-state index < -0.39 is 10.0 Å². The number of anilines is 1. The van der Waals surface area contributed by atoms with E-state index in [2.05, 4.69) is 9.71 Å². The number of nitrogens with two attached hydrogens (primary N) is 1. The number of aromatic nitrogens is 2. The van der Waals surface area contributed by atoms with E-state index in [9.17, 15) is 8.42 Å². The summed E-state index contributed by atoms with van der Waals surface area (Å²) in [6.07, 6.45) is 1.53. The first-order chi connectivity index (χ1) is 9.44. The van der Waals surface area contributed by atoms with Crippen LogP contribution in [0.4, 0.5) is 5.69 Å². The first-order valence-corrected chi connectivity index (χ1v) is 7.79. The molecule has 0 aliphatic heterocycles. The average molecular weight is 294 g/mol. The van der Waals surface area contributed by atoms with Gasteiger partial charge in [-0.3, -0.25) is 0 Å². The first kappa shape index (κ1) is 14.5. The van der Waals surface area contributed by atoms with Crippen LogP contribution in [0.3, 0.4) is 0 Å². The van der Waals surface area contributed by atoms with Gasteiger partial charge in [-0.15, -0.1) is 0 Å². The Hall–Kier alpha value is -1.86. The van der Waals surface area contributed by atoms with Crippen molar-refractivity contribution in [2.45, 2.75) is 32.0 Å². The van der Waals surface area contributed by atoms with Gasteiger partial charge in [0, 0.05) is 25.0 Å². The molecule has 7 heteroatoms. The molecule has 3 N–H and O–H groups in total. The molecule has 0 spiro atoms. The van der Waals surface area contributed by atoms with Crippen LogP contribution in [-0.2, 0) is 23.1 Å². The van der Waals surface area contributed by atoms with Crippen LogP contribution in [0.5, 0.6) is 0 Å². The summed E-state index contributed by atoms with van der Waals surface area (Å²) in [6, 6.07) is 7.14. The highest BCUT2D eigenvalue weighted by atomic mass is 32.2. The molecule has 0 aliphatic rings. The Morgan fingerprint density at radius 3 is 2.65 bits per heavy atom. The van der Waals surface area contributed by atoms with Gasteiger partial charge in [0.05, 0.1) is 0 Å². The molecule has 0 amide bonds.